The molecule has 1 amide bonds. The van der Waals surface area contributed by atoms with Crippen molar-refractivity contribution in [2.24, 2.45) is 17.8 Å². The highest BCUT2D eigenvalue weighted by molar-refractivity contribution is 5.82. The second kappa shape index (κ2) is 5.96. The number of carbonyl (C=O) groups excluding carboxylic acids is 1. The van der Waals surface area contributed by atoms with Crippen LogP contribution in [0.1, 0.15) is 31.2 Å². The molecule has 0 aromatic heterocycles. The Balaban J connectivity index is 1.66. The number of benzene rings is 1. The summed E-state index contributed by atoms with van der Waals surface area (Å²) in [6, 6.07) is 10.0. The van der Waals surface area contributed by atoms with E-state index < -0.39 is 0 Å². The lowest BCUT2D eigenvalue weighted by Crippen LogP contribution is -2.35. The lowest BCUT2D eigenvalue weighted by Gasteiger charge is -2.22. The number of aliphatic hydroxyl groups is 1. The first-order valence-electron chi connectivity index (χ1n) is 7.75. The molecule has 108 valence electrons. The van der Waals surface area contributed by atoms with Gasteiger partial charge in [0, 0.05) is 19.0 Å². The van der Waals surface area contributed by atoms with E-state index in [4.69, 9.17) is 0 Å². The van der Waals surface area contributed by atoms with Gasteiger partial charge < -0.3 is 10.0 Å². The van der Waals surface area contributed by atoms with Gasteiger partial charge in [0.2, 0.25) is 5.91 Å². The van der Waals surface area contributed by atoms with Crippen LogP contribution in [0.4, 0.5) is 0 Å². The molecule has 1 aromatic carbocycles. The Hall–Kier alpha value is -1.35. The maximum Gasteiger partial charge on any atom is 0.226 e. The summed E-state index contributed by atoms with van der Waals surface area (Å²) in [6.45, 7) is 1.11. The molecule has 0 heterocycles. The number of rotatable bonds is 5. The molecule has 0 spiro atoms. The molecule has 3 rings (SSSR count). The van der Waals surface area contributed by atoms with Crippen molar-refractivity contribution < 1.29 is 9.90 Å². The van der Waals surface area contributed by atoms with Gasteiger partial charge in [-0.1, -0.05) is 43.2 Å². The van der Waals surface area contributed by atoms with Crippen LogP contribution in [0.3, 0.4) is 0 Å². The number of nitrogens with zero attached hydrogens (tertiary/aromatic N) is 1. The highest BCUT2D eigenvalue weighted by atomic mass is 16.3. The summed E-state index contributed by atoms with van der Waals surface area (Å²) < 4.78 is 0. The smallest absolute Gasteiger partial charge is 0.226 e. The first-order chi connectivity index (χ1) is 9.81. The fourth-order valence-electron chi connectivity index (χ4n) is 3.76. The van der Waals surface area contributed by atoms with Crippen molar-refractivity contribution in [3.63, 3.8) is 0 Å². The van der Waals surface area contributed by atoms with Crippen LogP contribution in [-0.4, -0.2) is 29.1 Å². The molecule has 2 fully saturated rings. The second-order valence-corrected chi connectivity index (χ2v) is 6.11. The largest absolute Gasteiger partial charge is 0.395 e. The molecule has 2 saturated carbocycles. The van der Waals surface area contributed by atoms with Crippen LogP contribution in [0.5, 0.6) is 0 Å². The van der Waals surface area contributed by atoms with Gasteiger partial charge in [0.1, 0.15) is 0 Å². The summed E-state index contributed by atoms with van der Waals surface area (Å²) in [5, 5.41) is 9.23. The summed E-state index contributed by atoms with van der Waals surface area (Å²) in [7, 11) is 0. The molecule has 0 saturated heterocycles. The van der Waals surface area contributed by atoms with E-state index in [1.165, 1.54) is 25.7 Å². The van der Waals surface area contributed by atoms with Gasteiger partial charge in [-0.2, -0.15) is 0 Å². The maximum atomic E-state index is 12.7. The van der Waals surface area contributed by atoms with E-state index in [1.807, 2.05) is 35.2 Å². The van der Waals surface area contributed by atoms with E-state index >= 15 is 0 Å². The molecule has 2 unspecified atom stereocenters. The summed E-state index contributed by atoms with van der Waals surface area (Å²) in [5.74, 6) is 1.77. The van der Waals surface area contributed by atoms with Crippen molar-refractivity contribution in [1.29, 1.82) is 0 Å². The van der Waals surface area contributed by atoms with Crippen LogP contribution in [0.2, 0.25) is 0 Å². The maximum absolute atomic E-state index is 12.7. The van der Waals surface area contributed by atoms with E-state index in [2.05, 4.69) is 0 Å². The molecule has 1 N–H and O–H groups in total. The molecule has 1 aromatic rings. The Morgan fingerprint density at radius 2 is 1.80 bits per heavy atom. The van der Waals surface area contributed by atoms with Crippen LogP contribution < -0.4 is 0 Å². The molecule has 20 heavy (non-hydrogen) atoms. The quantitative estimate of drug-likeness (QED) is 0.895. The number of fused-ring (bicyclic) bond motifs is 1. The van der Waals surface area contributed by atoms with E-state index in [0.717, 1.165) is 5.56 Å². The fraction of sp³-hybridized carbons (Fsp3) is 0.588. The zero-order valence-corrected chi connectivity index (χ0v) is 11.9. The van der Waals surface area contributed by atoms with E-state index in [-0.39, 0.29) is 18.4 Å². The monoisotopic (exact) mass is 273 g/mol. The molecular formula is C17H23NO2. The van der Waals surface area contributed by atoms with Gasteiger partial charge in [-0.05, 0) is 30.2 Å². The normalized spacial score (nSPS) is 27.8. The highest BCUT2D eigenvalue weighted by Gasteiger charge is 2.55. The lowest BCUT2D eigenvalue weighted by molar-refractivity contribution is -0.134. The van der Waals surface area contributed by atoms with Gasteiger partial charge in [-0.25, -0.2) is 0 Å². The van der Waals surface area contributed by atoms with Gasteiger partial charge >= 0.3 is 0 Å². The van der Waals surface area contributed by atoms with Crippen LogP contribution in [0.25, 0.3) is 0 Å². The molecule has 0 bridgehead atoms. The topological polar surface area (TPSA) is 40.5 Å². The minimum atomic E-state index is 0.0423. The van der Waals surface area contributed by atoms with Crippen LogP contribution >= 0.6 is 0 Å². The molecule has 2 aliphatic carbocycles. The van der Waals surface area contributed by atoms with Crippen molar-refractivity contribution in [2.45, 2.75) is 32.2 Å². The van der Waals surface area contributed by atoms with Crippen LogP contribution in [0.15, 0.2) is 30.3 Å². The Kier molecular flexibility index (Phi) is 4.06. The van der Waals surface area contributed by atoms with Crippen molar-refractivity contribution in [3.8, 4) is 0 Å². The molecule has 2 aliphatic rings. The molecule has 0 aliphatic heterocycles. The molecule has 3 heteroatoms. The minimum Gasteiger partial charge on any atom is -0.395 e. The molecular weight excluding hydrogens is 250 g/mol. The van der Waals surface area contributed by atoms with Crippen molar-refractivity contribution in [3.05, 3.63) is 35.9 Å². The number of hydrogen-bond donors (Lipinski definition) is 1. The molecule has 3 nitrogen and oxygen atoms in total. The number of hydrogen-bond acceptors (Lipinski definition) is 2. The van der Waals surface area contributed by atoms with Gasteiger partial charge in [-0.3, -0.25) is 4.79 Å². The van der Waals surface area contributed by atoms with Gasteiger partial charge in [0.15, 0.2) is 0 Å². The molecule has 2 atom stereocenters. The van der Waals surface area contributed by atoms with Crippen molar-refractivity contribution in [2.75, 3.05) is 13.2 Å². The van der Waals surface area contributed by atoms with Crippen molar-refractivity contribution >= 4 is 5.91 Å². The Bertz CT molecular complexity index is 447. The third kappa shape index (κ3) is 2.73. The predicted molar refractivity (Wildman–Crippen MR) is 77.9 cm³/mol. The summed E-state index contributed by atoms with van der Waals surface area (Å²) >= 11 is 0. The average Bonchev–Trinajstić information content (AvgIpc) is 3.21. The van der Waals surface area contributed by atoms with Gasteiger partial charge in [0.25, 0.3) is 0 Å². The third-order valence-corrected chi connectivity index (χ3v) is 4.84. The summed E-state index contributed by atoms with van der Waals surface area (Å²) in [6.07, 6.45) is 5.01. The summed E-state index contributed by atoms with van der Waals surface area (Å²) in [4.78, 5) is 14.5. The van der Waals surface area contributed by atoms with Gasteiger partial charge in [0.05, 0.1) is 6.61 Å². The second-order valence-electron chi connectivity index (χ2n) is 6.11. The third-order valence-electron chi connectivity index (χ3n) is 4.84. The average molecular weight is 273 g/mol. The van der Waals surface area contributed by atoms with Gasteiger partial charge in [-0.15, -0.1) is 0 Å². The Labute approximate surface area is 120 Å². The fourth-order valence-corrected chi connectivity index (χ4v) is 3.76. The first-order valence-corrected chi connectivity index (χ1v) is 7.75. The van der Waals surface area contributed by atoms with Crippen LogP contribution in [0, 0.1) is 17.8 Å². The van der Waals surface area contributed by atoms with E-state index in [1.54, 1.807) is 0 Å². The predicted octanol–water partition coefficient (Wildman–Crippen LogP) is 2.44. The van der Waals surface area contributed by atoms with Crippen molar-refractivity contribution in [1.82, 2.24) is 4.90 Å². The number of carbonyl (C=O) groups is 1. The van der Waals surface area contributed by atoms with E-state index in [0.29, 0.717) is 24.9 Å². The first kappa shape index (κ1) is 13.6. The highest BCUT2D eigenvalue weighted by Crippen LogP contribution is 2.56. The zero-order valence-electron chi connectivity index (χ0n) is 11.9. The van der Waals surface area contributed by atoms with E-state index in [9.17, 15) is 9.90 Å². The lowest BCUT2D eigenvalue weighted by atomic mass is 10.0. The SMILES string of the molecule is O=C(C1C2CCCCC21)N(CCO)Cc1ccccc1. The number of amides is 1. The zero-order chi connectivity index (χ0) is 13.9. The van der Waals surface area contributed by atoms with Crippen LogP contribution in [-0.2, 0) is 11.3 Å². The summed E-state index contributed by atoms with van der Waals surface area (Å²) in [5.41, 5.74) is 1.14. The Morgan fingerprint density at radius 1 is 1.15 bits per heavy atom. The molecule has 0 radical (unpaired) electrons. The standard InChI is InChI=1S/C17H23NO2/c19-11-10-18(12-13-6-2-1-3-7-13)17(20)16-14-8-4-5-9-15(14)16/h1-3,6-7,14-16,19H,4-5,8-12H2. The Morgan fingerprint density at radius 3 is 2.40 bits per heavy atom. The minimum absolute atomic E-state index is 0.0423. The number of aliphatic hydroxyl groups excluding tert-OH is 1.